The molecule has 88 valence electrons. The molecule has 0 amide bonds. The molecule has 0 radical (unpaired) electrons. The number of hydrogen-bond donors (Lipinski definition) is 1. The van der Waals surface area contributed by atoms with E-state index in [9.17, 15) is 0 Å². The highest BCUT2D eigenvalue weighted by molar-refractivity contribution is 5.45. The van der Waals surface area contributed by atoms with E-state index in [0.29, 0.717) is 5.69 Å². The molecule has 0 bridgehead atoms. The summed E-state index contributed by atoms with van der Waals surface area (Å²) in [5.74, 6) is 1.64. The zero-order chi connectivity index (χ0) is 12.1. The smallest absolute Gasteiger partial charge is 0.129 e. The average Bonchev–Trinajstić information content (AvgIpc) is 2.30. The van der Waals surface area contributed by atoms with Crippen LogP contribution in [-0.2, 0) is 6.42 Å². The Labute approximate surface area is 102 Å². The second-order valence-electron chi connectivity index (χ2n) is 4.07. The molecular formula is C15H17NO. The van der Waals surface area contributed by atoms with E-state index in [4.69, 9.17) is 10.5 Å². The van der Waals surface area contributed by atoms with Crippen LogP contribution in [-0.4, -0.2) is 0 Å². The van der Waals surface area contributed by atoms with Gasteiger partial charge in [0.15, 0.2) is 0 Å². The van der Waals surface area contributed by atoms with Crippen LogP contribution in [0.2, 0.25) is 0 Å². The topological polar surface area (TPSA) is 35.2 Å². The van der Waals surface area contributed by atoms with Crippen molar-refractivity contribution >= 4 is 5.69 Å². The van der Waals surface area contributed by atoms with Gasteiger partial charge in [-0.05, 0) is 36.2 Å². The van der Waals surface area contributed by atoms with Crippen molar-refractivity contribution < 1.29 is 4.74 Å². The normalized spacial score (nSPS) is 10.2. The Hall–Kier alpha value is -1.96. The molecule has 2 aromatic carbocycles. The molecule has 2 heteroatoms. The molecule has 0 aliphatic carbocycles. The lowest BCUT2D eigenvalue weighted by atomic mass is 10.1. The number of nitrogen functional groups attached to an aromatic ring is 1. The minimum Gasteiger partial charge on any atom is -0.457 e. The number of rotatable bonds is 4. The van der Waals surface area contributed by atoms with Crippen molar-refractivity contribution in [3.05, 3.63) is 54.1 Å². The second kappa shape index (κ2) is 5.39. The fourth-order valence-electron chi connectivity index (χ4n) is 1.77. The molecule has 0 fully saturated rings. The number of hydrogen-bond acceptors (Lipinski definition) is 2. The monoisotopic (exact) mass is 227 g/mol. The van der Waals surface area contributed by atoms with E-state index >= 15 is 0 Å². The standard InChI is InChI=1S/C15H17NO/c1-2-5-12-6-3-8-14(10-12)17-15-9-4-7-13(16)11-15/h3-4,6-11H,2,5,16H2,1H3. The van der Waals surface area contributed by atoms with Gasteiger partial charge in [-0.15, -0.1) is 0 Å². The van der Waals surface area contributed by atoms with Crippen LogP contribution in [0.5, 0.6) is 11.5 Å². The van der Waals surface area contributed by atoms with Gasteiger partial charge in [-0.1, -0.05) is 31.5 Å². The first-order chi connectivity index (χ1) is 8.28. The van der Waals surface area contributed by atoms with Crippen LogP contribution >= 0.6 is 0 Å². The van der Waals surface area contributed by atoms with Crippen molar-refractivity contribution in [2.45, 2.75) is 19.8 Å². The summed E-state index contributed by atoms with van der Waals surface area (Å²) in [4.78, 5) is 0. The van der Waals surface area contributed by atoms with Crippen molar-refractivity contribution in [1.29, 1.82) is 0 Å². The summed E-state index contributed by atoms with van der Waals surface area (Å²) in [6.07, 6.45) is 2.22. The predicted molar refractivity (Wildman–Crippen MR) is 71.4 cm³/mol. The van der Waals surface area contributed by atoms with Crippen LogP contribution in [0, 0.1) is 0 Å². The van der Waals surface area contributed by atoms with Gasteiger partial charge in [0.25, 0.3) is 0 Å². The second-order valence-corrected chi connectivity index (χ2v) is 4.07. The van der Waals surface area contributed by atoms with Crippen LogP contribution in [0.25, 0.3) is 0 Å². The Kier molecular flexibility index (Phi) is 3.66. The van der Waals surface area contributed by atoms with Gasteiger partial charge < -0.3 is 10.5 Å². The zero-order valence-electron chi connectivity index (χ0n) is 10.0. The van der Waals surface area contributed by atoms with Crippen LogP contribution in [0.3, 0.4) is 0 Å². The fourth-order valence-corrected chi connectivity index (χ4v) is 1.77. The molecule has 0 saturated heterocycles. The largest absolute Gasteiger partial charge is 0.457 e. The number of anilines is 1. The van der Waals surface area contributed by atoms with Gasteiger partial charge in [-0.3, -0.25) is 0 Å². The molecule has 0 aliphatic rings. The van der Waals surface area contributed by atoms with Gasteiger partial charge in [0.2, 0.25) is 0 Å². The molecule has 2 nitrogen and oxygen atoms in total. The van der Waals surface area contributed by atoms with Gasteiger partial charge in [0.05, 0.1) is 0 Å². The summed E-state index contributed by atoms with van der Waals surface area (Å²) in [5.41, 5.74) is 7.72. The first-order valence-electron chi connectivity index (χ1n) is 5.90. The van der Waals surface area contributed by atoms with Crippen LogP contribution in [0.4, 0.5) is 5.69 Å². The summed E-state index contributed by atoms with van der Waals surface area (Å²) in [6.45, 7) is 2.17. The zero-order valence-corrected chi connectivity index (χ0v) is 10.0. The highest BCUT2D eigenvalue weighted by Gasteiger charge is 1.99. The molecule has 2 rings (SSSR count). The molecule has 0 unspecified atom stereocenters. The molecule has 0 heterocycles. The molecule has 0 atom stereocenters. The fraction of sp³-hybridized carbons (Fsp3) is 0.200. The maximum absolute atomic E-state index is 5.77. The molecule has 2 N–H and O–H groups in total. The van der Waals surface area contributed by atoms with E-state index in [1.807, 2.05) is 36.4 Å². The van der Waals surface area contributed by atoms with E-state index in [1.165, 1.54) is 5.56 Å². The minimum absolute atomic E-state index is 0.715. The summed E-state index contributed by atoms with van der Waals surface area (Å²) in [5, 5.41) is 0. The number of ether oxygens (including phenoxy) is 1. The van der Waals surface area contributed by atoms with E-state index in [2.05, 4.69) is 19.1 Å². The highest BCUT2D eigenvalue weighted by atomic mass is 16.5. The maximum Gasteiger partial charge on any atom is 0.129 e. The van der Waals surface area contributed by atoms with E-state index in [-0.39, 0.29) is 0 Å². The van der Waals surface area contributed by atoms with E-state index in [1.54, 1.807) is 0 Å². The molecule has 2 aromatic rings. The lowest BCUT2D eigenvalue weighted by Gasteiger charge is -2.07. The maximum atomic E-state index is 5.77. The lowest BCUT2D eigenvalue weighted by Crippen LogP contribution is -1.89. The Morgan fingerprint density at radius 2 is 1.71 bits per heavy atom. The molecular weight excluding hydrogens is 210 g/mol. The third-order valence-corrected chi connectivity index (χ3v) is 2.53. The van der Waals surface area contributed by atoms with Gasteiger partial charge in [-0.25, -0.2) is 0 Å². The van der Waals surface area contributed by atoms with Crippen molar-refractivity contribution in [3.8, 4) is 11.5 Å². The number of aryl methyl sites for hydroxylation is 1. The van der Waals surface area contributed by atoms with Crippen LogP contribution in [0.1, 0.15) is 18.9 Å². The quantitative estimate of drug-likeness (QED) is 0.801. The Balaban J connectivity index is 2.15. The van der Waals surface area contributed by atoms with Crippen LogP contribution < -0.4 is 10.5 Å². The van der Waals surface area contributed by atoms with Crippen molar-refractivity contribution in [3.63, 3.8) is 0 Å². The molecule has 0 aromatic heterocycles. The highest BCUT2D eigenvalue weighted by Crippen LogP contribution is 2.24. The predicted octanol–water partition coefficient (Wildman–Crippen LogP) is 4.01. The first kappa shape index (κ1) is 11.5. The van der Waals surface area contributed by atoms with E-state index in [0.717, 1.165) is 24.3 Å². The van der Waals surface area contributed by atoms with Crippen molar-refractivity contribution in [2.75, 3.05) is 5.73 Å². The molecule has 0 aliphatic heterocycles. The van der Waals surface area contributed by atoms with E-state index < -0.39 is 0 Å². The summed E-state index contributed by atoms with van der Waals surface area (Å²) >= 11 is 0. The summed E-state index contributed by atoms with van der Waals surface area (Å²) in [6, 6.07) is 15.6. The van der Waals surface area contributed by atoms with Gasteiger partial charge in [0, 0.05) is 11.8 Å². The minimum atomic E-state index is 0.715. The Morgan fingerprint density at radius 3 is 2.41 bits per heavy atom. The van der Waals surface area contributed by atoms with Gasteiger partial charge in [0.1, 0.15) is 11.5 Å². The van der Waals surface area contributed by atoms with Gasteiger partial charge in [-0.2, -0.15) is 0 Å². The molecule has 0 saturated carbocycles. The number of benzene rings is 2. The third kappa shape index (κ3) is 3.25. The van der Waals surface area contributed by atoms with Crippen molar-refractivity contribution in [2.24, 2.45) is 0 Å². The SMILES string of the molecule is CCCc1cccc(Oc2cccc(N)c2)c1. The third-order valence-electron chi connectivity index (χ3n) is 2.53. The van der Waals surface area contributed by atoms with Crippen molar-refractivity contribution in [1.82, 2.24) is 0 Å². The average molecular weight is 227 g/mol. The summed E-state index contributed by atoms with van der Waals surface area (Å²) < 4.78 is 5.77. The van der Waals surface area contributed by atoms with Crippen LogP contribution in [0.15, 0.2) is 48.5 Å². The van der Waals surface area contributed by atoms with Gasteiger partial charge >= 0.3 is 0 Å². The lowest BCUT2D eigenvalue weighted by molar-refractivity contribution is 0.482. The Bertz CT molecular complexity index is 494. The summed E-state index contributed by atoms with van der Waals surface area (Å²) in [7, 11) is 0. The number of nitrogens with two attached hydrogens (primary N) is 1. The first-order valence-corrected chi connectivity index (χ1v) is 5.90. The molecule has 0 spiro atoms. The Morgan fingerprint density at radius 1 is 1.00 bits per heavy atom. The molecule has 17 heavy (non-hydrogen) atoms.